The molecule has 0 atom stereocenters. The third kappa shape index (κ3) is 4.23. The summed E-state index contributed by atoms with van der Waals surface area (Å²) in [6, 6.07) is 9.67. The quantitative estimate of drug-likeness (QED) is 0.392. The van der Waals surface area contributed by atoms with Crippen LogP contribution < -0.4 is 10.1 Å². The van der Waals surface area contributed by atoms with E-state index >= 15 is 0 Å². The van der Waals surface area contributed by atoms with Gasteiger partial charge in [0.25, 0.3) is 5.95 Å². The zero-order valence-electron chi connectivity index (χ0n) is 19.2. The zero-order valence-corrected chi connectivity index (χ0v) is 19.2. The van der Waals surface area contributed by atoms with E-state index < -0.39 is 36.3 Å². The standard InChI is InChI=1S/C24H20F4N6O2/c1-23(2)17-19(30-21(23)35)31-22(32-20(17)36-11-9-24(26,27)28)34-16-8-5-10-29-18(16)15(33-34)12-13-6-3-4-7-14(13)25/h3-8,10H,9,11-12H2,1-2H3,(H,30,31,32,35). The monoisotopic (exact) mass is 500 g/mol. The van der Waals surface area contributed by atoms with Gasteiger partial charge in [0.15, 0.2) is 0 Å². The van der Waals surface area contributed by atoms with Crippen LogP contribution in [0.2, 0.25) is 0 Å². The Balaban J connectivity index is 1.62. The van der Waals surface area contributed by atoms with Crippen molar-refractivity contribution in [3.05, 3.63) is 65.2 Å². The van der Waals surface area contributed by atoms with Gasteiger partial charge in [-0.05, 0) is 37.6 Å². The first-order chi connectivity index (χ1) is 17.0. The van der Waals surface area contributed by atoms with Crippen LogP contribution in [0.4, 0.5) is 23.4 Å². The number of carbonyl (C=O) groups excluding carboxylic acids is 1. The van der Waals surface area contributed by atoms with Crippen molar-refractivity contribution < 1.29 is 27.1 Å². The van der Waals surface area contributed by atoms with Gasteiger partial charge in [-0.1, -0.05) is 18.2 Å². The molecule has 3 aromatic heterocycles. The van der Waals surface area contributed by atoms with E-state index in [1.54, 1.807) is 50.4 Å². The first kappa shape index (κ1) is 23.6. The minimum absolute atomic E-state index is 0.0356. The van der Waals surface area contributed by atoms with Gasteiger partial charge in [-0.3, -0.25) is 9.78 Å². The Bertz CT molecular complexity index is 1480. The van der Waals surface area contributed by atoms with Gasteiger partial charge in [-0.15, -0.1) is 0 Å². The van der Waals surface area contributed by atoms with Gasteiger partial charge in [-0.2, -0.15) is 32.9 Å². The summed E-state index contributed by atoms with van der Waals surface area (Å²) in [5.74, 6) is -0.843. The molecule has 1 amide bonds. The highest BCUT2D eigenvalue weighted by Gasteiger charge is 2.44. The molecule has 1 aliphatic rings. The summed E-state index contributed by atoms with van der Waals surface area (Å²) >= 11 is 0. The molecule has 8 nitrogen and oxygen atoms in total. The Morgan fingerprint density at radius 3 is 2.64 bits per heavy atom. The second-order valence-electron chi connectivity index (χ2n) is 8.84. The average molecular weight is 500 g/mol. The molecule has 0 radical (unpaired) electrons. The van der Waals surface area contributed by atoms with Crippen LogP contribution in [0.25, 0.3) is 17.0 Å². The molecule has 186 valence electrons. The lowest BCUT2D eigenvalue weighted by atomic mass is 9.87. The fourth-order valence-electron chi connectivity index (χ4n) is 4.03. The topological polar surface area (TPSA) is 94.8 Å². The number of halogens is 4. The van der Waals surface area contributed by atoms with Gasteiger partial charge in [-0.25, -0.2) is 4.39 Å². The number of hydrogen-bond donors (Lipinski definition) is 1. The predicted molar refractivity (Wildman–Crippen MR) is 121 cm³/mol. The number of rotatable bonds is 6. The Hall–Kier alpha value is -4.09. The molecule has 0 spiro atoms. The highest BCUT2D eigenvalue weighted by atomic mass is 19.4. The molecule has 0 unspecified atom stereocenters. The van der Waals surface area contributed by atoms with Crippen LogP contribution >= 0.6 is 0 Å². The van der Waals surface area contributed by atoms with E-state index in [1.807, 2.05) is 0 Å². The minimum Gasteiger partial charge on any atom is -0.477 e. The van der Waals surface area contributed by atoms with E-state index in [9.17, 15) is 22.4 Å². The number of pyridine rings is 1. The lowest BCUT2D eigenvalue weighted by Gasteiger charge is -2.18. The van der Waals surface area contributed by atoms with Crippen molar-refractivity contribution in [1.82, 2.24) is 24.7 Å². The molecule has 0 aliphatic carbocycles. The maximum absolute atomic E-state index is 14.3. The number of benzene rings is 1. The minimum atomic E-state index is -4.42. The summed E-state index contributed by atoms with van der Waals surface area (Å²) in [7, 11) is 0. The Labute approximate surface area is 202 Å². The van der Waals surface area contributed by atoms with Crippen molar-refractivity contribution in [2.45, 2.75) is 38.3 Å². The molecule has 0 bridgehead atoms. The number of alkyl halides is 3. The molecule has 4 heterocycles. The number of fused-ring (bicyclic) bond motifs is 2. The normalized spacial score (nSPS) is 14.7. The van der Waals surface area contributed by atoms with Crippen LogP contribution in [0.3, 0.4) is 0 Å². The molecule has 1 aromatic carbocycles. The van der Waals surface area contributed by atoms with Crippen LogP contribution in [0.1, 0.15) is 37.1 Å². The fourth-order valence-corrected chi connectivity index (χ4v) is 4.03. The number of anilines is 1. The van der Waals surface area contributed by atoms with Gasteiger partial charge < -0.3 is 10.1 Å². The fraction of sp³-hybridized carbons (Fsp3) is 0.292. The molecule has 36 heavy (non-hydrogen) atoms. The van der Waals surface area contributed by atoms with Gasteiger partial charge in [0.2, 0.25) is 11.8 Å². The predicted octanol–water partition coefficient (Wildman–Crippen LogP) is 4.50. The van der Waals surface area contributed by atoms with Gasteiger partial charge in [0.1, 0.15) is 17.2 Å². The summed E-state index contributed by atoms with van der Waals surface area (Å²) in [5.41, 5.74) is 0.978. The number of nitrogens with zero attached hydrogens (tertiary/aromatic N) is 5. The molecule has 0 saturated carbocycles. The third-order valence-corrected chi connectivity index (χ3v) is 5.93. The van der Waals surface area contributed by atoms with E-state index in [4.69, 9.17) is 4.74 Å². The van der Waals surface area contributed by atoms with Crippen LogP contribution in [0.5, 0.6) is 5.88 Å². The van der Waals surface area contributed by atoms with Crippen molar-refractivity contribution in [2.75, 3.05) is 11.9 Å². The summed E-state index contributed by atoms with van der Waals surface area (Å²) in [4.78, 5) is 25.7. The molecule has 4 aromatic rings. The summed E-state index contributed by atoms with van der Waals surface area (Å²) in [5, 5.41) is 7.20. The molecule has 12 heteroatoms. The van der Waals surface area contributed by atoms with E-state index in [-0.39, 0.29) is 29.6 Å². The van der Waals surface area contributed by atoms with Crippen LogP contribution in [0, 0.1) is 5.82 Å². The number of aromatic nitrogens is 5. The molecule has 5 rings (SSSR count). The van der Waals surface area contributed by atoms with Crippen LogP contribution in [-0.4, -0.2) is 43.4 Å². The third-order valence-electron chi connectivity index (χ3n) is 5.93. The maximum atomic E-state index is 14.3. The Kier molecular flexibility index (Phi) is 5.61. The second kappa shape index (κ2) is 8.54. The van der Waals surface area contributed by atoms with Crippen LogP contribution in [-0.2, 0) is 16.6 Å². The van der Waals surface area contributed by atoms with Gasteiger partial charge in [0, 0.05) is 12.6 Å². The summed E-state index contributed by atoms with van der Waals surface area (Å²) < 4.78 is 59.3. The molecule has 0 saturated heterocycles. The lowest BCUT2D eigenvalue weighted by Crippen LogP contribution is -2.27. The molecular formula is C24H20F4N6O2. The number of hydrogen-bond acceptors (Lipinski definition) is 6. The summed E-state index contributed by atoms with van der Waals surface area (Å²) in [6.07, 6.45) is -3.91. The van der Waals surface area contributed by atoms with Crippen LogP contribution in [0.15, 0.2) is 42.6 Å². The summed E-state index contributed by atoms with van der Waals surface area (Å²) in [6.45, 7) is 2.53. The van der Waals surface area contributed by atoms with Crippen molar-refractivity contribution in [1.29, 1.82) is 0 Å². The highest BCUT2D eigenvalue weighted by Crippen LogP contribution is 2.42. The van der Waals surface area contributed by atoms with Crippen molar-refractivity contribution in [3.63, 3.8) is 0 Å². The Morgan fingerprint density at radius 2 is 1.89 bits per heavy atom. The highest BCUT2D eigenvalue weighted by molar-refractivity contribution is 6.05. The largest absolute Gasteiger partial charge is 0.477 e. The molecular weight excluding hydrogens is 480 g/mol. The van der Waals surface area contributed by atoms with E-state index in [0.29, 0.717) is 22.3 Å². The van der Waals surface area contributed by atoms with E-state index in [1.165, 1.54) is 10.7 Å². The van der Waals surface area contributed by atoms with Gasteiger partial charge >= 0.3 is 6.18 Å². The second-order valence-corrected chi connectivity index (χ2v) is 8.84. The number of carbonyl (C=O) groups is 1. The Morgan fingerprint density at radius 1 is 1.11 bits per heavy atom. The molecule has 0 fully saturated rings. The first-order valence-corrected chi connectivity index (χ1v) is 11.0. The number of ether oxygens (including phenoxy) is 1. The van der Waals surface area contributed by atoms with Crippen molar-refractivity contribution >= 4 is 22.8 Å². The smallest absolute Gasteiger partial charge is 0.392 e. The molecule has 1 aliphatic heterocycles. The first-order valence-electron chi connectivity index (χ1n) is 11.0. The van der Waals surface area contributed by atoms with E-state index in [2.05, 4.69) is 25.4 Å². The van der Waals surface area contributed by atoms with Crippen molar-refractivity contribution in [3.8, 4) is 11.8 Å². The number of nitrogens with one attached hydrogen (secondary N) is 1. The zero-order chi connectivity index (χ0) is 25.7. The van der Waals surface area contributed by atoms with Crippen molar-refractivity contribution in [2.24, 2.45) is 0 Å². The SMILES string of the molecule is CC1(C)C(=O)Nc2nc(-n3nc(Cc4ccccc4F)c4ncccc43)nc(OCCC(F)(F)F)c21. The average Bonchev–Trinajstić information content (AvgIpc) is 3.28. The lowest BCUT2D eigenvalue weighted by molar-refractivity contribution is -0.139. The number of amides is 1. The van der Waals surface area contributed by atoms with Gasteiger partial charge in [0.05, 0.1) is 35.2 Å². The maximum Gasteiger partial charge on any atom is 0.392 e. The van der Waals surface area contributed by atoms with E-state index in [0.717, 1.165) is 0 Å². The molecule has 1 N–H and O–H groups in total.